The van der Waals surface area contributed by atoms with Crippen molar-refractivity contribution in [3.05, 3.63) is 48.4 Å². The third-order valence-corrected chi connectivity index (χ3v) is 9.20. The maximum Gasteiger partial charge on any atom is 0.410 e. The Labute approximate surface area is 270 Å². The lowest BCUT2D eigenvalue weighted by molar-refractivity contribution is -0.0895. The number of phenols is 1. The second-order valence-corrected chi connectivity index (χ2v) is 14.0. The van der Waals surface area contributed by atoms with Gasteiger partial charge in [-0.3, -0.25) is 9.88 Å². The number of carbonyl (C=O) groups excluding carboxylic acids is 1. The molecular weight excluding hydrogens is 610 g/mol. The Kier molecular flexibility index (Phi) is 7.59. The number of alkyl halides is 1. The van der Waals surface area contributed by atoms with E-state index in [0.29, 0.717) is 23.9 Å². The summed E-state index contributed by atoms with van der Waals surface area (Å²) in [5.41, 5.74) is -2.12. The van der Waals surface area contributed by atoms with Crippen LogP contribution in [0.5, 0.6) is 11.8 Å². The molecule has 0 spiro atoms. The summed E-state index contributed by atoms with van der Waals surface area (Å²) in [4.78, 5) is 29.4. The van der Waals surface area contributed by atoms with Gasteiger partial charge in [-0.2, -0.15) is 9.97 Å². The predicted molar refractivity (Wildman–Crippen MR) is 172 cm³/mol. The molecule has 0 radical (unpaired) electrons. The van der Waals surface area contributed by atoms with Gasteiger partial charge >= 0.3 is 12.1 Å². The first-order chi connectivity index (χ1) is 22.3. The van der Waals surface area contributed by atoms with E-state index in [-0.39, 0.29) is 60.4 Å². The van der Waals surface area contributed by atoms with E-state index in [2.05, 4.69) is 25.2 Å². The summed E-state index contributed by atoms with van der Waals surface area (Å²) >= 11 is 0. The normalized spacial score (nSPS) is 22.3. The number of amides is 1. The summed E-state index contributed by atoms with van der Waals surface area (Å²) in [6.07, 6.45) is 2.03. The maximum absolute atomic E-state index is 16.5. The fraction of sp³-hybridized carbons (Fsp3) is 0.471. The minimum Gasteiger partial charge on any atom is -0.508 e. The number of hydrogen-bond donors (Lipinski definition) is 3. The summed E-state index contributed by atoms with van der Waals surface area (Å²) < 4.78 is 42.5. The van der Waals surface area contributed by atoms with Crippen LogP contribution in [0.15, 0.2) is 42.6 Å². The second kappa shape index (κ2) is 11.4. The van der Waals surface area contributed by atoms with Gasteiger partial charge in [-0.25, -0.2) is 13.6 Å². The number of aromatic hydroxyl groups is 1. The van der Waals surface area contributed by atoms with E-state index < -0.39 is 34.8 Å². The summed E-state index contributed by atoms with van der Waals surface area (Å²) in [6.45, 7) is 6.65. The molecule has 1 amide bonds. The number of rotatable bonds is 7. The van der Waals surface area contributed by atoms with Crippen LogP contribution in [-0.4, -0.2) is 103 Å². The first kappa shape index (κ1) is 31.3. The van der Waals surface area contributed by atoms with Gasteiger partial charge in [0.2, 0.25) is 0 Å². The van der Waals surface area contributed by atoms with Gasteiger partial charge in [0.15, 0.2) is 5.82 Å². The lowest BCUT2D eigenvalue weighted by Crippen LogP contribution is -2.66. The fourth-order valence-electron chi connectivity index (χ4n) is 7.04. The summed E-state index contributed by atoms with van der Waals surface area (Å²) in [5.74, 6) is -0.591. The molecule has 47 heavy (non-hydrogen) atoms. The molecule has 5 heterocycles. The van der Waals surface area contributed by atoms with Gasteiger partial charge in [-0.15, -0.1) is 0 Å². The van der Waals surface area contributed by atoms with Gasteiger partial charge in [-0.05, 0) is 63.1 Å². The Morgan fingerprint density at radius 1 is 1.17 bits per heavy atom. The number of anilines is 1. The minimum absolute atomic E-state index is 0.0116. The fourth-order valence-corrected chi connectivity index (χ4v) is 7.04. The first-order valence-electron chi connectivity index (χ1n) is 15.9. The van der Waals surface area contributed by atoms with Crippen molar-refractivity contribution in [3.8, 4) is 23.0 Å². The molecular formula is C34H38F2N6O5. The molecule has 248 valence electrons. The third-order valence-electron chi connectivity index (χ3n) is 9.20. The average molecular weight is 649 g/mol. The molecule has 13 heteroatoms. The number of aromatic nitrogens is 3. The lowest BCUT2D eigenvalue weighted by Gasteiger charge is -2.46. The minimum atomic E-state index is -1.29. The number of aliphatic hydroxyl groups is 1. The Morgan fingerprint density at radius 2 is 1.96 bits per heavy atom. The zero-order valence-electron chi connectivity index (χ0n) is 26.6. The van der Waals surface area contributed by atoms with Crippen molar-refractivity contribution in [2.24, 2.45) is 0 Å². The first-order valence-corrected chi connectivity index (χ1v) is 15.9. The number of phenolic OH excluding ortho intramolecular Hbond substituents is 1. The highest BCUT2D eigenvalue weighted by molar-refractivity contribution is 5.99. The molecule has 3 aliphatic rings. The van der Waals surface area contributed by atoms with E-state index in [0.717, 1.165) is 24.8 Å². The monoisotopic (exact) mass is 648 g/mol. The van der Waals surface area contributed by atoms with Crippen molar-refractivity contribution in [1.82, 2.24) is 24.8 Å². The molecule has 0 bridgehead atoms. The molecule has 0 unspecified atom stereocenters. The van der Waals surface area contributed by atoms with Crippen LogP contribution in [-0.2, 0) is 4.74 Å². The van der Waals surface area contributed by atoms with E-state index in [1.165, 1.54) is 17.2 Å². The van der Waals surface area contributed by atoms with Gasteiger partial charge in [0.05, 0.1) is 24.0 Å². The third kappa shape index (κ3) is 5.98. The molecule has 2 atom stereocenters. The average Bonchev–Trinajstić information content (AvgIpc) is 3.52. The number of halogens is 2. The van der Waals surface area contributed by atoms with Crippen LogP contribution in [0.25, 0.3) is 32.9 Å². The van der Waals surface area contributed by atoms with Crippen molar-refractivity contribution in [1.29, 1.82) is 0 Å². The van der Waals surface area contributed by atoms with Crippen LogP contribution >= 0.6 is 0 Å². The van der Waals surface area contributed by atoms with Crippen molar-refractivity contribution in [2.75, 3.05) is 44.6 Å². The van der Waals surface area contributed by atoms with Gasteiger partial charge in [0, 0.05) is 31.3 Å². The maximum atomic E-state index is 16.5. The SMILES string of the molecule is CC(C)(C)OC(=O)N1CC(O)(CNc2nc(OC[C@]34CCCN3C[C@@H](F)C4)nc3c(F)c(-c4cc(O)cc5ccccc45)ncc23)C1. The number of nitrogens with one attached hydrogen (secondary N) is 1. The summed E-state index contributed by atoms with van der Waals surface area (Å²) in [6, 6.07) is 10.2. The van der Waals surface area contributed by atoms with Crippen LogP contribution < -0.4 is 10.1 Å². The van der Waals surface area contributed by atoms with E-state index in [4.69, 9.17) is 9.47 Å². The highest BCUT2D eigenvalue weighted by Gasteiger charge is 2.49. The van der Waals surface area contributed by atoms with E-state index >= 15 is 4.39 Å². The van der Waals surface area contributed by atoms with Crippen LogP contribution in [0.1, 0.15) is 40.0 Å². The van der Waals surface area contributed by atoms with E-state index in [1.54, 1.807) is 26.8 Å². The van der Waals surface area contributed by atoms with Crippen molar-refractivity contribution in [3.63, 3.8) is 0 Å². The zero-order valence-corrected chi connectivity index (χ0v) is 26.6. The van der Waals surface area contributed by atoms with Crippen molar-refractivity contribution >= 4 is 33.6 Å². The van der Waals surface area contributed by atoms with Gasteiger partial charge in [0.1, 0.15) is 46.8 Å². The number of benzene rings is 2. The Balaban J connectivity index is 1.22. The Hall–Kier alpha value is -4.36. The van der Waals surface area contributed by atoms with Crippen molar-refractivity contribution < 1.29 is 33.3 Å². The van der Waals surface area contributed by atoms with Gasteiger partial charge < -0.3 is 29.9 Å². The predicted octanol–water partition coefficient (Wildman–Crippen LogP) is 5.04. The molecule has 3 fully saturated rings. The quantitative estimate of drug-likeness (QED) is 0.250. The number of β-amino-alcohol motifs (C(OH)–C–C–N with tert-alkyl or cyclic N) is 1. The molecule has 3 N–H and O–H groups in total. The zero-order chi connectivity index (χ0) is 33.1. The molecule has 3 saturated heterocycles. The summed E-state index contributed by atoms with van der Waals surface area (Å²) in [7, 11) is 0. The molecule has 0 aliphatic carbocycles. The van der Waals surface area contributed by atoms with E-state index in [1.807, 2.05) is 24.3 Å². The molecule has 3 aliphatic heterocycles. The number of nitrogens with zero attached hydrogens (tertiary/aromatic N) is 5. The number of carbonyl (C=O) groups is 1. The topological polar surface area (TPSA) is 133 Å². The smallest absolute Gasteiger partial charge is 0.410 e. The van der Waals surface area contributed by atoms with Crippen molar-refractivity contribution in [2.45, 2.75) is 62.9 Å². The Morgan fingerprint density at radius 3 is 2.74 bits per heavy atom. The summed E-state index contributed by atoms with van der Waals surface area (Å²) in [5, 5.41) is 26.3. The van der Waals surface area contributed by atoms with E-state index in [9.17, 15) is 19.4 Å². The number of fused-ring (bicyclic) bond motifs is 3. The highest BCUT2D eigenvalue weighted by Crippen LogP contribution is 2.41. The molecule has 0 saturated carbocycles. The van der Waals surface area contributed by atoms with Crippen LogP contribution in [0.4, 0.5) is 19.4 Å². The largest absolute Gasteiger partial charge is 0.508 e. The lowest BCUT2D eigenvalue weighted by atomic mass is 9.94. The molecule has 4 aromatic rings. The van der Waals surface area contributed by atoms with Gasteiger partial charge in [-0.1, -0.05) is 24.3 Å². The molecule has 2 aromatic carbocycles. The second-order valence-electron chi connectivity index (χ2n) is 14.0. The standard InChI is InChI=1S/C34H38F2N6O5/c1-32(2,3)47-31(44)41-17-34(45,18-41)16-38-29-25-14-37-27(24-12-22(43)11-20-7-4-5-8-23(20)24)26(36)28(25)39-30(40-29)46-19-33-9-6-10-42(33)15-21(35)13-33/h4-5,7-8,11-12,14,21,43,45H,6,9-10,13,15-19H2,1-3H3,(H,38,39,40)/t21-,33+/m0/s1. The number of likely N-dealkylation sites (tertiary alicyclic amines) is 1. The number of hydrogen-bond acceptors (Lipinski definition) is 10. The Bertz CT molecular complexity index is 1860. The molecule has 2 aromatic heterocycles. The van der Waals surface area contributed by atoms with Crippen LogP contribution in [0.3, 0.4) is 0 Å². The molecule has 11 nitrogen and oxygen atoms in total. The number of ether oxygens (including phenoxy) is 2. The van der Waals surface area contributed by atoms with Gasteiger partial charge in [0.25, 0.3) is 0 Å². The van der Waals surface area contributed by atoms with Crippen LogP contribution in [0.2, 0.25) is 0 Å². The molecule has 7 rings (SSSR count). The number of pyridine rings is 1. The van der Waals surface area contributed by atoms with Crippen LogP contribution in [0, 0.1) is 5.82 Å². The highest BCUT2D eigenvalue weighted by atomic mass is 19.1.